The average Bonchev–Trinajstić information content (AvgIpc) is 3.16. The van der Waals surface area contributed by atoms with Crippen molar-refractivity contribution in [1.82, 2.24) is 24.6 Å². The topological polar surface area (TPSA) is 59.2 Å². The van der Waals surface area contributed by atoms with Gasteiger partial charge in [-0.3, -0.25) is 9.38 Å². The summed E-state index contributed by atoms with van der Waals surface area (Å²) >= 11 is 0. The lowest BCUT2D eigenvalue weighted by atomic mass is 9.84. The summed E-state index contributed by atoms with van der Waals surface area (Å²) in [5.41, 5.74) is 1.48. The van der Waals surface area contributed by atoms with Crippen molar-refractivity contribution in [2.24, 2.45) is 5.41 Å². The zero-order chi connectivity index (χ0) is 24.3. The molecule has 0 radical (unpaired) electrons. The molecule has 0 aliphatic carbocycles. The highest BCUT2D eigenvalue weighted by molar-refractivity contribution is 5.94. The Morgan fingerprint density at radius 3 is 2.65 bits per heavy atom. The van der Waals surface area contributed by atoms with E-state index in [4.69, 9.17) is 4.98 Å². The lowest BCUT2D eigenvalue weighted by Gasteiger charge is -2.33. The molecular formula is C24H24F4N6. The fraction of sp³-hybridized carbons (Fsp3) is 0.417. The number of aryl methyl sites for hydroxylation is 2. The summed E-state index contributed by atoms with van der Waals surface area (Å²) in [6.07, 6.45) is 0.828. The summed E-state index contributed by atoms with van der Waals surface area (Å²) in [4.78, 5) is 11.0. The Bertz CT molecular complexity index is 1390. The van der Waals surface area contributed by atoms with Crippen molar-refractivity contribution in [3.8, 4) is 0 Å². The SMILES string of the molecule is Cc1nnc2nc(N3CCCc4c(CCC(C)(C)C(F)(F)F)cncc43)c3cc(F)ccc3n12. The maximum Gasteiger partial charge on any atom is 0.393 e. The largest absolute Gasteiger partial charge is 0.393 e. The molecular weight excluding hydrogens is 448 g/mol. The van der Waals surface area contributed by atoms with E-state index in [2.05, 4.69) is 15.2 Å². The van der Waals surface area contributed by atoms with Crippen LogP contribution in [-0.4, -0.2) is 37.3 Å². The zero-order valence-electron chi connectivity index (χ0n) is 19.1. The fourth-order valence-electron chi connectivity index (χ4n) is 4.55. The first kappa shape index (κ1) is 22.5. The third kappa shape index (κ3) is 3.65. The zero-order valence-corrected chi connectivity index (χ0v) is 19.1. The molecule has 1 aliphatic rings. The highest BCUT2D eigenvalue weighted by atomic mass is 19.4. The van der Waals surface area contributed by atoms with Gasteiger partial charge in [-0.25, -0.2) is 4.39 Å². The normalized spacial score (nSPS) is 14.7. The van der Waals surface area contributed by atoms with Crippen molar-refractivity contribution in [2.45, 2.75) is 52.6 Å². The Labute approximate surface area is 193 Å². The van der Waals surface area contributed by atoms with Crippen LogP contribution in [0.4, 0.5) is 29.1 Å². The van der Waals surface area contributed by atoms with Crippen LogP contribution in [0.1, 0.15) is 43.6 Å². The number of nitrogens with zero attached hydrogens (tertiary/aromatic N) is 6. The second-order valence-corrected chi connectivity index (χ2v) is 9.41. The maximum atomic E-state index is 14.3. The predicted octanol–water partition coefficient (Wildman–Crippen LogP) is 5.73. The van der Waals surface area contributed by atoms with E-state index in [9.17, 15) is 17.6 Å². The van der Waals surface area contributed by atoms with Crippen molar-refractivity contribution >= 4 is 28.2 Å². The highest BCUT2D eigenvalue weighted by Gasteiger charge is 2.46. The molecule has 3 aromatic heterocycles. The maximum absolute atomic E-state index is 14.3. The van der Waals surface area contributed by atoms with Gasteiger partial charge in [-0.2, -0.15) is 18.2 Å². The number of aromatic nitrogens is 5. The van der Waals surface area contributed by atoms with E-state index in [1.54, 1.807) is 29.8 Å². The van der Waals surface area contributed by atoms with E-state index in [0.717, 1.165) is 35.2 Å². The number of anilines is 2. The van der Waals surface area contributed by atoms with E-state index >= 15 is 0 Å². The molecule has 0 unspecified atom stereocenters. The van der Waals surface area contributed by atoms with Crippen LogP contribution in [0.25, 0.3) is 16.7 Å². The molecule has 10 heteroatoms. The third-order valence-electron chi connectivity index (χ3n) is 6.72. The van der Waals surface area contributed by atoms with Crippen LogP contribution < -0.4 is 4.90 Å². The summed E-state index contributed by atoms with van der Waals surface area (Å²) in [5.74, 6) is 1.18. The van der Waals surface area contributed by atoms with Gasteiger partial charge in [0.05, 0.1) is 22.8 Å². The molecule has 0 bridgehead atoms. The molecule has 4 aromatic rings. The van der Waals surface area contributed by atoms with Crippen LogP contribution in [0.5, 0.6) is 0 Å². The van der Waals surface area contributed by atoms with Crippen molar-refractivity contribution in [3.63, 3.8) is 0 Å². The van der Waals surface area contributed by atoms with Crippen LogP contribution in [0.3, 0.4) is 0 Å². The molecule has 4 heterocycles. The molecule has 0 atom stereocenters. The van der Waals surface area contributed by atoms with Crippen molar-refractivity contribution < 1.29 is 17.6 Å². The van der Waals surface area contributed by atoms with Gasteiger partial charge < -0.3 is 4.90 Å². The number of hydrogen-bond donors (Lipinski definition) is 0. The van der Waals surface area contributed by atoms with Gasteiger partial charge in [0.15, 0.2) is 0 Å². The summed E-state index contributed by atoms with van der Waals surface area (Å²) in [5, 5.41) is 8.88. The molecule has 34 heavy (non-hydrogen) atoms. The number of rotatable bonds is 4. The van der Waals surface area contributed by atoms with Crippen LogP contribution in [0, 0.1) is 18.2 Å². The molecule has 1 aromatic carbocycles. The van der Waals surface area contributed by atoms with Gasteiger partial charge >= 0.3 is 6.18 Å². The van der Waals surface area contributed by atoms with Gasteiger partial charge in [-0.15, -0.1) is 10.2 Å². The predicted molar refractivity (Wildman–Crippen MR) is 121 cm³/mol. The molecule has 0 saturated heterocycles. The van der Waals surface area contributed by atoms with Crippen molar-refractivity contribution in [1.29, 1.82) is 0 Å². The minimum atomic E-state index is -4.28. The Balaban J connectivity index is 1.61. The molecule has 178 valence electrons. The molecule has 1 aliphatic heterocycles. The first-order valence-electron chi connectivity index (χ1n) is 11.2. The second-order valence-electron chi connectivity index (χ2n) is 9.41. The first-order valence-corrected chi connectivity index (χ1v) is 11.2. The Morgan fingerprint density at radius 2 is 1.88 bits per heavy atom. The summed E-state index contributed by atoms with van der Waals surface area (Å²) < 4.78 is 56.2. The highest BCUT2D eigenvalue weighted by Crippen LogP contribution is 2.42. The van der Waals surface area contributed by atoms with Gasteiger partial charge in [0, 0.05) is 18.1 Å². The third-order valence-corrected chi connectivity index (χ3v) is 6.72. The van der Waals surface area contributed by atoms with Crippen LogP contribution in [0.2, 0.25) is 0 Å². The lowest BCUT2D eigenvalue weighted by Crippen LogP contribution is -2.32. The number of alkyl halides is 3. The van der Waals surface area contributed by atoms with Gasteiger partial charge in [0.2, 0.25) is 0 Å². The quantitative estimate of drug-likeness (QED) is 0.355. The number of benzene rings is 1. The Hall–Kier alpha value is -3.30. The standard InChI is InChI=1S/C24H24F4N6/c1-14-31-32-22-30-21(18-11-16(25)6-7-19(18)34(14)22)33-10-4-5-17-15(12-29-13-20(17)33)8-9-23(2,3)24(26,27)28/h6-7,11-13H,4-5,8-10H2,1-3H3. The lowest BCUT2D eigenvalue weighted by molar-refractivity contribution is -0.213. The van der Waals surface area contributed by atoms with Gasteiger partial charge in [-0.1, -0.05) is 13.8 Å². The average molecular weight is 472 g/mol. The van der Waals surface area contributed by atoms with Gasteiger partial charge in [0.25, 0.3) is 5.78 Å². The summed E-state index contributed by atoms with van der Waals surface area (Å²) in [7, 11) is 0. The van der Waals surface area contributed by atoms with E-state index in [0.29, 0.717) is 29.4 Å². The Morgan fingerprint density at radius 1 is 1.09 bits per heavy atom. The molecule has 0 fully saturated rings. The van der Waals surface area contributed by atoms with E-state index in [1.165, 1.54) is 26.0 Å². The van der Waals surface area contributed by atoms with Crippen LogP contribution in [0.15, 0.2) is 30.6 Å². The van der Waals surface area contributed by atoms with Crippen molar-refractivity contribution in [3.05, 3.63) is 53.4 Å². The molecule has 5 rings (SSSR count). The fourth-order valence-corrected chi connectivity index (χ4v) is 4.55. The second kappa shape index (κ2) is 7.89. The van der Waals surface area contributed by atoms with E-state index < -0.39 is 11.6 Å². The van der Waals surface area contributed by atoms with Crippen molar-refractivity contribution in [2.75, 3.05) is 11.4 Å². The van der Waals surface area contributed by atoms with Gasteiger partial charge in [-0.05, 0) is 61.9 Å². The number of fused-ring (bicyclic) bond motifs is 4. The Kier molecular flexibility index (Phi) is 5.22. The van der Waals surface area contributed by atoms with Crippen LogP contribution in [-0.2, 0) is 12.8 Å². The first-order chi connectivity index (χ1) is 16.1. The molecule has 6 nitrogen and oxygen atoms in total. The van der Waals surface area contributed by atoms with E-state index in [1.807, 2.05) is 4.90 Å². The van der Waals surface area contributed by atoms with Crippen LogP contribution >= 0.6 is 0 Å². The van der Waals surface area contributed by atoms with Gasteiger partial charge in [0.1, 0.15) is 17.5 Å². The molecule has 0 spiro atoms. The smallest absolute Gasteiger partial charge is 0.324 e. The molecule has 0 amide bonds. The number of pyridine rings is 1. The minimum absolute atomic E-state index is 0.0357. The summed E-state index contributed by atoms with van der Waals surface area (Å²) in [6.45, 7) is 4.87. The van der Waals surface area contributed by atoms with E-state index in [-0.39, 0.29) is 18.7 Å². The number of hydrogen-bond acceptors (Lipinski definition) is 5. The monoisotopic (exact) mass is 472 g/mol. The minimum Gasteiger partial charge on any atom is -0.324 e. The molecule has 0 N–H and O–H groups in total. The molecule has 0 saturated carbocycles. The number of halogens is 4. The summed E-state index contributed by atoms with van der Waals surface area (Å²) in [6, 6.07) is 4.50.